The molecule has 2 rings (SSSR count). The van der Waals surface area contributed by atoms with Gasteiger partial charge in [-0.25, -0.2) is 4.98 Å². The van der Waals surface area contributed by atoms with Crippen LogP contribution in [0.1, 0.15) is 5.56 Å². The smallest absolute Gasteiger partial charge is 0.137 e. The van der Waals surface area contributed by atoms with Crippen LogP contribution in [0.5, 0.6) is 0 Å². The fourth-order valence-corrected chi connectivity index (χ4v) is 1.09. The third-order valence-electron chi connectivity index (χ3n) is 1.66. The summed E-state index contributed by atoms with van der Waals surface area (Å²) in [6.07, 6.45) is 5.54. The van der Waals surface area contributed by atoms with E-state index in [2.05, 4.69) is 16.9 Å². The molecule has 0 bridgehead atoms. The highest BCUT2D eigenvalue weighted by Gasteiger charge is 2.06. The Balaban J connectivity index is 2.59. The van der Waals surface area contributed by atoms with Crippen LogP contribution in [0.3, 0.4) is 0 Å². The fraction of sp³-hybridized carbons (Fsp3) is 0. The van der Waals surface area contributed by atoms with Crippen LogP contribution in [0.4, 0.5) is 5.82 Å². The van der Waals surface area contributed by atoms with Gasteiger partial charge in [-0.3, -0.25) is 0 Å². The largest absolute Gasteiger partial charge is 0.346 e. The van der Waals surface area contributed by atoms with Crippen LogP contribution in [0.25, 0.3) is 5.57 Å². The van der Waals surface area contributed by atoms with Gasteiger partial charge >= 0.3 is 0 Å². The van der Waals surface area contributed by atoms with Gasteiger partial charge in [-0.05, 0) is 23.8 Å². The van der Waals surface area contributed by atoms with Gasteiger partial charge in [0.1, 0.15) is 5.82 Å². The van der Waals surface area contributed by atoms with Crippen LogP contribution >= 0.6 is 0 Å². The van der Waals surface area contributed by atoms with Gasteiger partial charge in [-0.15, -0.1) is 0 Å². The Morgan fingerprint density at radius 1 is 1.45 bits per heavy atom. The summed E-state index contributed by atoms with van der Waals surface area (Å²) in [5.74, 6) is 0.889. The molecule has 1 aliphatic rings. The molecule has 2 nitrogen and oxygen atoms in total. The predicted octanol–water partition coefficient (Wildman–Crippen LogP) is 2.03. The van der Waals surface area contributed by atoms with E-state index in [0.717, 1.165) is 17.0 Å². The zero-order valence-electron chi connectivity index (χ0n) is 6.04. The fourth-order valence-electron chi connectivity index (χ4n) is 1.09. The molecule has 0 atom stereocenters. The van der Waals surface area contributed by atoms with Crippen molar-refractivity contribution < 1.29 is 0 Å². The van der Waals surface area contributed by atoms with Gasteiger partial charge in [0, 0.05) is 18.0 Å². The van der Waals surface area contributed by atoms with Gasteiger partial charge in [0.05, 0.1) is 0 Å². The highest BCUT2D eigenvalue weighted by Crippen LogP contribution is 2.24. The molecule has 0 saturated carbocycles. The first-order chi connectivity index (χ1) is 5.38. The third-order valence-corrected chi connectivity index (χ3v) is 1.66. The molecule has 0 amide bonds. The van der Waals surface area contributed by atoms with Crippen LogP contribution in [0.15, 0.2) is 37.2 Å². The van der Waals surface area contributed by atoms with E-state index in [1.807, 2.05) is 24.4 Å². The summed E-state index contributed by atoms with van der Waals surface area (Å²) < 4.78 is 0. The second-order valence-corrected chi connectivity index (χ2v) is 2.40. The average Bonchev–Trinajstić information content (AvgIpc) is 2.06. The van der Waals surface area contributed by atoms with Crippen molar-refractivity contribution >= 4 is 11.4 Å². The summed E-state index contributed by atoms with van der Waals surface area (Å²) in [6, 6.07) is 3.91. The van der Waals surface area contributed by atoms with E-state index < -0.39 is 0 Å². The van der Waals surface area contributed by atoms with Crippen molar-refractivity contribution in [1.29, 1.82) is 0 Å². The average molecular weight is 144 g/mol. The molecule has 1 N–H and O–H groups in total. The highest BCUT2D eigenvalue weighted by atomic mass is 15.0. The molecule has 11 heavy (non-hydrogen) atoms. The lowest BCUT2D eigenvalue weighted by molar-refractivity contribution is 1.28. The van der Waals surface area contributed by atoms with Crippen LogP contribution in [0, 0.1) is 0 Å². The number of anilines is 1. The van der Waals surface area contributed by atoms with Crippen LogP contribution in [-0.2, 0) is 0 Å². The molecule has 0 spiro atoms. The minimum atomic E-state index is 0.889. The number of hydrogen-bond donors (Lipinski definition) is 1. The molecule has 0 radical (unpaired) electrons. The van der Waals surface area contributed by atoms with E-state index in [-0.39, 0.29) is 0 Å². The van der Waals surface area contributed by atoms with E-state index >= 15 is 0 Å². The monoisotopic (exact) mass is 144 g/mol. The van der Waals surface area contributed by atoms with Crippen molar-refractivity contribution in [3.8, 4) is 0 Å². The summed E-state index contributed by atoms with van der Waals surface area (Å²) in [7, 11) is 0. The van der Waals surface area contributed by atoms with Crippen molar-refractivity contribution in [2.24, 2.45) is 0 Å². The molecule has 2 heteroatoms. The number of nitrogens with one attached hydrogen (secondary N) is 1. The molecule has 0 aliphatic carbocycles. The minimum absolute atomic E-state index is 0.889. The van der Waals surface area contributed by atoms with E-state index in [1.54, 1.807) is 6.20 Å². The standard InChI is InChI=1S/C9H8N2/c1-7-4-6-11-9-8(7)3-2-5-10-9/h2-6H,1H2,(H,10,11). The summed E-state index contributed by atoms with van der Waals surface area (Å²) >= 11 is 0. The Morgan fingerprint density at radius 3 is 3.18 bits per heavy atom. The van der Waals surface area contributed by atoms with Crippen molar-refractivity contribution in [3.05, 3.63) is 42.7 Å². The lowest BCUT2D eigenvalue weighted by atomic mass is 10.1. The normalized spacial score (nSPS) is 14.0. The van der Waals surface area contributed by atoms with Gasteiger partial charge < -0.3 is 5.32 Å². The quantitative estimate of drug-likeness (QED) is 0.602. The lowest BCUT2D eigenvalue weighted by Gasteiger charge is -2.11. The zero-order valence-corrected chi connectivity index (χ0v) is 6.04. The minimum Gasteiger partial charge on any atom is -0.346 e. The van der Waals surface area contributed by atoms with Crippen molar-refractivity contribution in [1.82, 2.24) is 4.98 Å². The number of rotatable bonds is 0. The molecular formula is C9H8N2. The molecule has 0 unspecified atom stereocenters. The number of aromatic nitrogens is 1. The third kappa shape index (κ3) is 0.923. The Labute approximate surface area is 65.3 Å². The van der Waals surface area contributed by atoms with Crippen molar-refractivity contribution in [2.75, 3.05) is 5.32 Å². The van der Waals surface area contributed by atoms with E-state index in [4.69, 9.17) is 0 Å². The van der Waals surface area contributed by atoms with E-state index in [1.165, 1.54) is 0 Å². The van der Waals surface area contributed by atoms with Crippen molar-refractivity contribution in [3.63, 3.8) is 0 Å². The lowest BCUT2D eigenvalue weighted by Crippen LogP contribution is -2.00. The topological polar surface area (TPSA) is 24.9 Å². The van der Waals surface area contributed by atoms with E-state index in [0.29, 0.717) is 0 Å². The molecule has 1 aliphatic heterocycles. The summed E-state index contributed by atoms with van der Waals surface area (Å²) in [6.45, 7) is 3.89. The second kappa shape index (κ2) is 2.23. The summed E-state index contributed by atoms with van der Waals surface area (Å²) in [5.41, 5.74) is 2.09. The van der Waals surface area contributed by atoms with Crippen LogP contribution in [-0.4, -0.2) is 4.98 Å². The van der Waals surface area contributed by atoms with Gasteiger partial charge in [-0.1, -0.05) is 6.58 Å². The van der Waals surface area contributed by atoms with E-state index in [9.17, 15) is 0 Å². The Hall–Kier alpha value is -1.57. The first kappa shape index (κ1) is 6.16. The first-order valence-corrected chi connectivity index (χ1v) is 3.45. The molecule has 0 saturated heterocycles. The molecule has 2 heterocycles. The second-order valence-electron chi connectivity index (χ2n) is 2.40. The first-order valence-electron chi connectivity index (χ1n) is 3.45. The number of pyridine rings is 1. The van der Waals surface area contributed by atoms with Gasteiger partial charge in [0.25, 0.3) is 0 Å². The highest BCUT2D eigenvalue weighted by molar-refractivity contribution is 5.82. The predicted molar refractivity (Wildman–Crippen MR) is 46.0 cm³/mol. The molecular weight excluding hydrogens is 136 g/mol. The molecule has 0 fully saturated rings. The van der Waals surface area contributed by atoms with Gasteiger partial charge in [-0.2, -0.15) is 0 Å². The summed E-state index contributed by atoms with van der Waals surface area (Å²) in [4.78, 5) is 4.15. The number of allylic oxidation sites excluding steroid dienone is 2. The van der Waals surface area contributed by atoms with Crippen LogP contribution in [0.2, 0.25) is 0 Å². The Bertz CT molecular complexity index is 326. The number of nitrogens with zero attached hydrogens (tertiary/aromatic N) is 1. The summed E-state index contributed by atoms with van der Waals surface area (Å²) in [5, 5.41) is 3.04. The van der Waals surface area contributed by atoms with Gasteiger partial charge in [0.15, 0.2) is 0 Å². The molecule has 54 valence electrons. The molecule has 0 aromatic carbocycles. The zero-order chi connectivity index (χ0) is 7.68. The molecule has 1 aromatic rings. The maximum Gasteiger partial charge on any atom is 0.137 e. The number of fused-ring (bicyclic) bond motifs is 1. The maximum absolute atomic E-state index is 4.15. The Morgan fingerprint density at radius 2 is 2.36 bits per heavy atom. The molecule has 1 aromatic heterocycles. The maximum atomic E-state index is 4.15. The Kier molecular flexibility index (Phi) is 1.25. The van der Waals surface area contributed by atoms with Crippen molar-refractivity contribution in [2.45, 2.75) is 0 Å². The number of hydrogen-bond acceptors (Lipinski definition) is 2. The van der Waals surface area contributed by atoms with Crippen LogP contribution < -0.4 is 5.32 Å². The van der Waals surface area contributed by atoms with Gasteiger partial charge in [0.2, 0.25) is 0 Å². The SMILES string of the molecule is C=C1C=CNc2ncccc21.